The predicted molar refractivity (Wildman–Crippen MR) is 84.8 cm³/mol. The van der Waals surface area contributed by atoms with Gasteiger partial charge < -0.3 is 19.6 Å². The third-order valence-corrected chi connectivity index (χ3v) is 2.76. The van der Waals surface area contributed by atoms with Crippen molar-refractivity contribution in [3.8, 4) is 22.8 Å². The van der Waals surface area contributed by atoms with Crippen LogP contribution in [0.1, 0.15) is 5.76 Å². The smallest absolute Gasteiger partial charge is 0.184 e. The van der Waals surface area contributed by atoms with Crippen LogP contribution in [0.3, 0.4) is 0 Å². The van der Waals surface area contributed by atoms with E-state index in [4.69, 9.17) is 19.6 Å². The summed E-state index contributed by atoms with van der Waals surface area (Å²) in [5, 5.41) is 3.92. The van der Waals surface area contributed by atoms with Crippen LogP contribution in [0.2, 0.25) is 0 Å². The van der Waals surface area contributed by atoms with Gasteiger partial charge in [0.2, 0.25) is 0 Å². The number of ether oxygens (including phenoxy) is 2. The molecule has 0 amide bonds. The lowest BCUT2D eigenvalue weighted by Crippen LogP contribution is -2.23. The highest BCUT2D eigenvalue weighted by molar-refractivity contribution is 7.80. The van der Waals surface area contributed by atoms with Gasteiger partial charge in [-0.3, -0.25) is 5.43 Å². The molecule has 0 spiro atoms. The maximum atomic E-state index is 5.67. The predicted octanol–water partition coefficient (Wildman–Crippen LogP) is 2.13. The summed E-state index contributed by atoms with van der Waals surface area (Å²) in [4.78, 5) is 0. The molecule has 3 N–H and O–H groups in total. The number of nitrogens with one attached hydrogen (secondary N) is 1. The average molecular weight is 305 g/mol. The van der Waals surface area contributed by atoms with E-state index in [1.165, 1.54) is 6.21 Å². The van der Waals surface area contributed by atoms with E-state index in [0.717, 1.165) is 5.56 Å². The number of nitrogens with two attached hydrogens (primary N) is 1. The van der Waals surface area contributed by atoms with Crippen molar-refractivity contribution in [1.82, 2.24) is 5.43 Å². The van der Waals surface area contributed by atoms with Crippen molar-refractivity contribution < 1.29 is 13.9 Å². The first-order valence-electron chi connectivity index (χ1n) is 6.04. The molecule has 2 aromatic rings. The topological polar surface area (TPSA) is 82.0 Å². The zero-order chi connectivity index (χ0) is 15.2. The number of nitrogens with zero attached hydrogens (tertiary/aromatic N) is 1. The van der Waals surface area contributed by atoms with E-state index in [2.05, 4.69) is 22.7 Å². The standard InChI is InChI=1S/C14H15N3O3S/c1-18-9-3-5-11(13(7-9)19-2)12-6-4-10(20-12)8-16-17-14(15)21/h3-8H,1-2H3,(H3,15,17,21). The highest BCUT2D eigenvalue weighted by Gasteiger charge is 2.11. The summed E-state index contributed by atoms with van der Waals surface area (Å²) in [6.07, 6.45) is 1.48. The van der Waals surface area contributed by atoms with Crippen LogP contribution < -0.4 is 20.6 Å². The van der Waals surface area contributed by atoms with Crippen molar-refractivity contribution in [1.29, 1.82) is 0 Å². The monoisotopic (exact) mass is 305 g/mol. The lowest BCUT2D eigenvalue weighted by molar-refractivity contribution is 0.394. The molecular weight excluding hydrogens is 290 g/mol. The Hall–Kier alpha value is -2.54. The van der Waals surface area contributed by atoms with E-state index < -0.39 is 0 Å². The Morgan fingerprint density at radius 1 is 1.29 bits per heavy atom. The molecule has 1 aromatic carbocycles. The molecule has 1 heterocycles. The first kappa shape index (κ1) is 14.9. The first-order chi connectivity index (χ1) is 10.1. The van der Waals surface area contributed by atoms with Gasteiger partial charge in [-0.15, -0.1) is 0 Å². The Morgan fingerprint density at radius 2 is 2.10 bits per heavy atom. The van der Waals surface area contributed by atoms with Gasteiger partial charge >= 0.3 is 0 Å². The molecule has 7 heteroatoms. The van der Waals surface area contributed by atoms with Crippen LogP contribution in [0.5, 0.6) is 11.5 Å². The second-order valence-corrected chi connectivity index (χ2v) is 4.44. The van der Waals surface area contributed by atoms with Crippen molar-refractivity contribution in [2.45, 2.75) is 0 Å². The summed E-state index contributed by atoms with van der Waals surface area (Å²) in [5.74, 6) is 2.59. The largest absolute Gasteiger partial charge is 0.497 e. The minimum Gasteiger partial charge on any atom is -0.497 e. The summed E-state index contributed by atoms with van der Waals surface area (Å²) >= 11 is 4.64. The molecule has 0 bridgehead atoms. The number of benzene rings is 1. The van der Waals surface area contributed by atoms with Crippen LogP contribution >= 0.6 is 12.2 Å². The van der Waals surface area contributed by atoms with Crippen molar-refractivity contribution >= 4 is 23.5 Å². The van der Waals surface area contributed by atoms with Crippen LogP contribution in [-0.2, 0) is 0 Å². The maximum absolute atomic E-state index is 5.67. The highest BCUT2D eigenvalue weighted by Crippen LogP contribution is 2.33. The van der Waals surface area contributed by atoms with Crippen molar-refractivity contribution in [2.24, 2.45) is 10.8 Å². The molecule has 0 atom stereocenters. The van der Waals surface area contributed by atoms with Gasteiger partial charge in [-0.2, -0.15) is 5.10 Å². The zero-order valence-electron chi connectivity index (χ0n) is 11.6. The Kier molecular flexibility index (Phi) is 4.78. The summed E-state index contributed by atoms with van der Waals surface area (Å²) < 4.78 is 16.2. The summed E-state index contributed by atoms with van der Waals surface area (Å²) in [5.41, 5.74) is 8.54. The molecule has 0 radical (unpaired) electrons. The molecule has 21 heavy (non-hydrogen) atoms. The number of hydrogen-bond donors (Lipinski definition) is 2. The molecule has 0 aliphatic rings. The molecule has 110 valence electrons. The van der Waals surface area contributed by atoms with E-state index in [-0.39, 0.29) is 5.11 Å². The molecule has 0 saturated carbocycles. The van der Waals surface area contributed by atoms with Gasteiger partial charge in [0.15, 0.2) is 5.11 Å². The fourth-order valence-electron chi connectivity index (χ4n) is 1.73. The van der Waals surface area contributed by atoms with E-state index in [1.54, 1.807) is 26.4 Å². The average Bonchev–Trinajstić information content (AvgIpc) is 2.94. The van der Waals surface area contributed by atoms with Crippen LogP contribution in [0.4, 0.5) is 0 Å². The lowest BCUT2D eigenvalue weighted by atomic mass is 10.1. The van der Waals surface area contributed by atoms with Crippen molar-refractivity contribution in [2.75, 3.05) is 14.2 Å². The Balaban J connectivity index is 2.25. The van der Waals surface area contributed by atoms with Crippen molar-refractivity contribution in [3.05, 3.63) is 36.1 Å². The molecule has 0 aliphatic heterocycles. The molecule has 0 fully saturated rings. The zero-order valence-corrected chi connectivity index (χ0v) is 12.4. The molecule has 6 nitrogen and oxygen atoms in total. The number of furan rings is 1. The molecule has 1 aromatic heterocycles. The van der Waals surface area contributed by atoms with E-state index in [9.17, 15) is 0 Å². The summed E-state index contributed by atoms with van der Waals surface area (Å²) in [6.45, 7) is 0. The van der Waals surface area contributed by atoms with Crippen LogP contribution in [-0.4, -0.2) is 25.5 Å². The number of hydrogen-bond acceptors (Lipinski definition) is 5. The number of thiocarbonyl (C=S) groups is 1. The normalized spacial score (nSPS) is 10.6. The first-order valence-corrected chi connectivity index (χ1v) is 6.45. The minimum absolute atomic E-state index is 0.0925. The maximum Gasteiger partial charge on any atom is 0.184 e. The Morgan fingerprint density at radius 3 is 2.76 bits per heavy atom. The van der Waals surface area contributed by atoms with Gasteiger partial charge in [-0.1, -0.05) is 0 Å². The molecule has 0 aliphatic carbocycles. The number of methoxy groups -OCH3 is 2. The van der Waals surface area contributed by atoms with Crippen LogP contribution in [0.15, 0.2) is 39.9 Å². The van der Waals surface area contributed by atoms with E-state index in [0.29, 0.717) is 23.0 Å². The van der Waals surface area contributed by atoms with Gasteiger partial charge in [-0.25, -0.2) is 0 Å². The highest BCUT2D eigenvalue weighted by atomic mass is 32.1. The molecule has 0 unspecified atom stereocenters. The fraction of sp³-hybridized carbons (Fsp3) is 0.143. The van der Waals surface area contributed by atoms with Crippen LogP contribution in [0, 0.1) is 0 Å². The SMILES string of the molecule is COc1ccc(-c2ccc(C=NNC(N)=S)o2)c(OC)c1. The molecule has 2 rings (SSSR count). The fourth-order valence-corrected chi connectivity index (χ4v) is 1.78. The third kappa shape index (κ3) is 3.73. The van der Waals surface area contributed by atoms with Crippen LogP contribution in [0.25, 0.3) is 11.3 Å². The number of rotatable bonds is 5. The van der Waals surface area contributed by atoms with Gasteiger partial charge in [-0.05, 0) is 36.5 Å². The third-order valence-electron chi connectivity index (χ3n) is 2.67. The minimum atomic E-state index is 0.0925. The van der Waals surface area contributed by atoms with Gasteiger partial charge in [0, 0.05) is 6.07 Å². The van der Waals surface area contributed by atoms with Crippen molar-refractivity contribution in [3.63, 3.8) is 0 Å². The van der Waals surface area contributed by atoms with E-state index in [1.807, 2.05) is 18.2 Å². The van der Waals surface area contributed by atoms with Gasteiger partial charge in [0.1, 0.15) is 23.0 Å². The molecule has 0 saturated heterocycles. The second-order valence-electron chi connectivity index (χ2n) is 4.00. The van der Waals surface area contributed by atoms with E-state index >= 15 is 0 Å². The quantitative estimate of drug-likeness (QED) is 0.500. The van der Waals surface area contributed by atoms with Gasteiger partial charge in [0.25, 0.3) is 0 Å². The summed E-state index contributed by atoms with van der Waals surface area (Å²) in [7, 11) is 3.19. The Labute approximate surface area is 127 Å². The summed E-state index contributed by atoms with van der Waals surface area (Å²) in [6, 6.07) is 9.10. The van der Waals surface area contributed by atoms with Gasteiger partial charge in [0.05, 0.1) is 26.0 Å². The second kappa shape index (κ2) is 6.76. The lowest BCUT2D eigenvalue weighted by Gasteiger charge is -2.08. The Bertz CT molecular complexity index is 667. The number of hydrazone groups is 1. The molecular formula is C14H15N3O3S.